The number of alkyl carbamates (subject to hydrolysis) is 1. The van der Waals surface area contributed by atoms with Crippen molar-refractivity contribution in [2.45, 2.75) is 45.4 Å². The van der Waals surface area contributed by atoms with Gasteiger partial charge in [0.25, 0.3) is 0 Å². The van der Waals surface area contributed by atoms with Crippen LogP contribution >= 0.6 is 0 Å². The molecule has 2 atom stereocenters. The second kappa shape index (κ2) is 8.89. The fourth-order valence-corrected chi connectivity index (χ4v) is 2.84. The van der Waals surface area contributed by atoms with Gasteiger partial charge in [-0.25, -0.2) is 9.59 Å². The van der Waals surface area contributed by atoms with Gasteiger partial charge in [-0.3, -0.25) is 0 Å². The number of nitrogens with one attached hydrogen (secondary N) is 1. The van der Waals surface area contributed by atoms with Crippen molar-refractivity contribution >= 4 is 12.2 Å². The van der Waals surface area contributed by atoms with Gasteiger partial charge in [-0.1, -0.05) is 30.3 Å². The van der Waals surface area contributed by atoms with Gasteiger partial charge < -0.3 is 24.8 Å². The zero-order chi connectivity index (χ0) is 19.2. The molecule has 7 heteroatoms. The molecule has 1 aliphatic rings. The molecule has 0 radical (unpaired) electrons. The maximum absolute atomic E-state index is 12.1. The summed E-state index contributed by atoms with van der Waals surface area (Å²) < 4.78 is 10.6. The normalized spacial score (nSPS) is 18.3. The number of aliphatic hydroxyl groups excluding tert-OH is 1. The molecule has 2 N–H and O–H groups in total. The number of benzene rings is 1. The van der Waals surface area contributed by atoms with Gasteiger partial charge in [0.15, 0.2) is 0 Å². The van der Waals surface area contributed by atoms with Crippen LogP contribution in [0, 0.1) is 5.92 Å². The highest BCUT2D eigenvalue weighted by Gasteiger charge is 2.34. The molecular weight excluding hydrogens is 336 g/mol. The average Bonchev–Trinajstić information content (AvgIpc) is 3.07. The lowest BCUT2D eigenvalue weighted by Crippen LogP contribution is -2.44. The quantitative estimate of drug-likeness (QED) is 0.838. The van der Waals surface area contributed by atoms with Crippen LogP contribution in [0.5, 0.6) is 0 Å². The maximum atomic E-state index is 12.1. The SMILES string of the molecule is CC(C)(C)OC(=O)N1CCC([C@H](CO)NC(=O)OCc2ccccc2)C1. The Labute approximate surface area is 154 Å². The molecular formula is C19H28N2O5. The fourth-order valence-electron chi connectivity index (χ4n) is 2.84. The maximum Gasteiger partial charge on any atom is 0.410 e. The first kappa shape index (κ1) is 20.0. The Morgan fingerprint density at radius 2 is 2.00 bits per heavy atom. The zero-order valence-corrected chi connectivity index (χ0v) is 15.6. The van der Waals surface area contributed by atoms with E-state index in [1.54, 1.807) is 4.90 Å². The Morgan fingerprint density at radius 3 is 2.62 bits per heavy atom. The van der Waals surface area contributed by atoms with Crippen molar-refractivity contribution in [1.29, 1.82) is 0 Å². The molecule has 144 valence electrons. The number of likely N-dealkylation sites (tertiary alicyclic amines) is 1. The largest absolute Gasteiger partial charge is 0.445 e. The number of carbonyl (C=O) groups excluding carboxylic acids is 2. The van der Waals surface area contributed by atoms with Crippen molar-refractivity contribution in [2.24, 2.45) is 5.92 Å². The number of amides is 2. The van der Waals surface area contributed by atoms with Gasteiger partial charge in [0.05, 0.1) is 12.6 Å². The Morgan fingerprint density at radius 1 is 1.31 bits per heavy atom. The van der Waals surface area contributed by atoms with Crippen molar-refractivity contribution in [3.8, 4) is 0 Å². The molecule has 0 aliphatic carbocycles. The number of hydrogen-bond donors (Lipinski definition) is 2. The van der Waals surface area contributed by atoms with Crippen LogP contribution in [-0.2, 0) is 16.1 Å². The van der Waals surface area contributed by atoms with Crippen LogP contribution in [0.3, 0.4) is 0 Å². The first-order valence-electron chi connectivity index (χ1n) is 8.84. The van der Waals surface area contributed by atoms with E-state index in [0.717, 1.165) is 5.56 Å². The third-order valence-electron chi connectivity index (χ3n) is 4.16. The third kappa shape index (κ3) is 6.22. The average molecular weight is 364 g/mol. The van der Waals surface area contributed by atoms with E-state index in [1.807, 2.05) is 51.1 Å². The molecule has 1 fully saturated rings. The van der Waals surface area contributed by atoms with Crippen molar-refractivity contribution in [2.75, 3.05) is 19.7 Å². The van der Waals surface area contributed by atoms with E-state index in [9.17, 15) is 14.7 Å². The number of rotatable bonds is 5. The molecule has 1 saturated heterocycles. The zero-order valence-electron chi connectivity index (χ0n) is 15.6. The molecule has 1 unspecified atom stereocenters. The number of aliphatic hydroxyl groups is 1. The van der Waals surface area contributed by atoms with Gasteiger partial charge in [-0.05, 0) is 32.8 Å². The molecule has 1 heterocycles. The minimum atomic E-state index is -0.580. The van der Waals surface area contributed by atoms with Crippen LogP contribution < -0.4 is 5.32 Å². The minimum Gasteiger partial charge on any atom is -0.445 e. The van der Waals surface area contributed by atoms with Crippen LogP contribution in [0.4, 0.5) is 9.59 Å². The molecule has 0 aromatic heterocycles. The highest BCUT2D eigenvalue weighted by atomic mass is 16.6. The summed E-state index contributed by atoms with van der Waals surface area (Å²) in [4.78, 5) is 25.7. The topological polar surface area (TPSA) is 88.1 Å². The monoisotopic (exact) mass is 364 g/mol. The highest BCUT2D eigenvalue weighted by molar-refractivity contribution is 5.69. The lowest BCUT2D eigenvalue weighted by atomic mass is 10.00. The first-order chi connectivity index (χ1) is 12.3. The van der Waals surface area contributed by atoms with Gasteiger partial charge in [0, 0.05) is 19.0 Å². The second-order valence-electron chi connectivity index (χ2n) is 7.47. The van der Waals surface area contributed by atoms with E-state index < -0.39 is 17.7 Å². The van der Waals surface area contributed by atoms with E-state index in [1.165, 1.54) is 0 Å². The predicted molar refractivity (Wildman–Crippen MR) is 96.6 cm³/mol. The summed E-state index contributed by atoms with van der Waals surface area (Å²) in [6.45, 7) is 6.38. The molecule has 1 aliphatic heterocycles. The minimum absolute atomic E-state index is 0.0446. The van der Waals surface area contributed by atoms with Crippen molar-refractivity contribution < 1.29 is 24.2 Å². The summed E-state index contributed by atoms with van der Waals surface area (Å²) in [5.41, 5.74) is 0.338. The van der Waals surface area contributed by atoms with Crippen LogP contribution in [0.25, 0.3) is 0 Å². The Kier molecular flexibility index (Phi) is 6.85. The van der Waals surface area contributed by atoms with Crippen molar-refractivity contribution in [3.05, 3.63) is 35.9 Å². The summed E-state index contributed by atoms with van der Waals surface area (Å²) in [5.74, 6) is -0.0446. The lowest BCUT2D eigenvalue weighted by molar-refractivity contribution is 0.0283. The van der Waals surface area contributed by atoms with E-state index in [-0.39, 0.29) is 25.2 Å². The molecule has 2 rings (SSSR count). The fraction of sp³-hybridized carbons (Fsp3) is 0.579. The van der Waals surface area contributed by atoms with Crippen LogP contribution in [0.1, 0.15) is 32.8 Å². The van der Waals surface area contributed by atoms with Gasteiger partial charge in [0.1, 0.15) is 12.2 Å². The first-order valence-corrected chi connectivity index (χ1v) is 8.84. The molecule has 1 aromatic rings. The Hall–Kier alpha value is -2.28. The smallest absolute Gasteiger partial charge is 0.410 e. The molecule has 2 amide bonds. The van der Waals surface area contributed by atoms with Gasteiger partial charge >= 0.3 is 12.2 Å². The second-order valence-corrected chi connectivity index (χ2v) is 7.47. The summed E-state index contributed by atoms with van der Waals surface area (Å²) >= 11 is 0. The standard InChI is InChI=1S/C19H28N2O5/c1-19(2,3)26-18(24)21-10-9-15(11-21)16(12-22)20-17(23)25-13-14-7-5-4-6-8-14/h4-8,15-16,22H,9-13H2,1-3H3,(H,20,23)/t15?,16-/m0/s1. The van der Waals surface area contributed by atoms with Crippen molar-refractivity contribution in [3.63, 3.8) is 0 Å². The van der Waals surface area contributed by atoms with Crippen molar-refractivity contribution in [1.82, 2.24) is 10.2 Å². The van der Waals surface area contributed by atoms with Gasteiger partial charge in [0.2, 0.25) is 0 Å². The number of hydrogen-bond acceptors (Lipinski definition) is 5. The molecule has 0 bridgehead atoms. The number of ether oxygens (including phenoxy) is 2. The van der Waals surface area contributed by atoms with Crippen LogP contribution in [0.15, 0.2) is 30.3 Å². The Bertz CT molecular complexity index is 600. The molecule has 0 saturated carbocycles. The third-order valence-corrected chi connectivity index (χ3v) is 4.16. The molecule has 26 heavy (non-hydrogen) atoms. The van der Waals surface area contributed by atoms with E-state index in [2.05, 4.69) is 5.32 Å². The van der Waals surface area contributed by atoms with Crippen LogP contribution in [-0.4, -0.2) is 53.5 Å². The van der Waals surface area contributed by atoms with Crippen LogP contribution in [0.2, 0.25) is 0 Å². The number of carbonyl (C=O) groups is 2. The predicted octanol–water partition coefficient (Wildman–Crippen LogP) is 2.53. The number of nitrogens with zero attached hydrogens (tertiary/aromatic N) is 1. The molecule has 7 nitrogen and oxygen atoms in total. The summed E-state index contributed by atoms with van der Waals surface area (Å²) in [6, 6.07) is 8.90. The summed E-state index contributed by atoms with van der Waals surface area (Å²) in [5, 5.41) is 12.3. The van der Waals surface area contributed by atoms with E-state index in [0.29, 0.717) is 19.5 Å². The summed E-state index contributed by atoms with van der Waals surface area (Å²) in [6.07, 6.45) is -0.268. The lowest BCUT2D eigenvalue weighted by Gasteiger charge is -2.26. The molecule has 0 spiro atoms. The van der Waals surface area contributed by atoms with E-state index >= 15 is 0 Å². The Balaban J connectivity index is 1.81. The molecule has 1 aromatic carbocycles. The summed E-state index contributed by atoms with van der Waals surface area (Å²) in [7, 11) is 0. The van der Waals surface area contributed by atoms with Gasteiger partial charge in [-0.2, -0.15) is 0 Å². The highest BCUT2D eigenvalue weighted by Crippen LogP contribution is 2.22. The van der Waals surface area contributed by atoms with Gasteiger partial charge in [-0.15, -0.1) is 0 Å². The van der Waals surface area contributed by atoms with E-state index in [4.69, 9.17) is 9.47 Å².